The highest BCUT2D eigenvalue weighted by Gasteiger charge is 2.25. The number of rotatable bonds is 4. The summed E-state index contributed by atoms with van der Waals surface area (Å²) in [6, 6.07) is 0.329. The van der Waals surface area contributed by atoms with Crippen molar-refractivity contribution in [3.05, 3.63) is 0 Å². The molecule has 3 heteroatoms. The summed E-state index contributed by atoms with van der Waals surface area (Å²) in [4.78, 5) is 0. The van der Waals surface area contributed by atoms with Crippen LogP contribution in [0.3, 0.4) is 0 Å². The van der Waals surface area contributed by atoms with Crippen LogP contribution in [0.4, 0.5) is 0 Å². The molecule has 1 rings (SSSR count). The molecule has 14 heavy (non-hydrogen) atoms. The first-order chi connectivity index (χ1) is 6.55. The summed E-state index contributed by atoms with van der Waals surface area (Å²) in [5, 5.41) is 13.3. The second kappa shape index (κ2) is 5.38. The molecule has 2 nitrogen and oxygen atoms in total. The van der Waals surface area contributed by atoms with Crippen LogP contribution in [0, 0.1) is 0 Å². The van der Waals surface area contributed by atoms with Gasteiger partial charge in [-0.05, 0) is 32.9 Å². The van der Waals surface area contributed by atoms with Crippen molar-refractivity contribution in [1.82, 2.24) is 5.32 Å². The van der Waals surface area contributed by atoms with Crippen LogP contribution in [-0.4, -0.2) is 34.8 Å². The molecule has 0 amide bonds. The van der Waals surface area contributed by atoms with Crippen molar-refractivity contribution >= 4 is 11.8 Å². The van der Waals surface area contributed by atoms with Gasteiger partial charge in [0.05, 0.1) is 6.10 Å². The van der Waals surface area contributed by atoms with E-state index in [9.17, 15) is 5.11 Å². The summed E-state index contributed by atoms with van der Waals surface area (Å²) in [6.45, 7) is 5.45. The fourth-order valence-electron chi connectivity index (χ4n) is 1.80. The van der Waals surface area contributed by atoms with Crippen LogP contribution in [-0.2, 0) is 0 Å². The molecular formula is C11H23NOS. The highest BCUT2D eigenvalue weighted by molar-refractivity contribution is 7.99. The summed E-state index contributed by atoms with van der Waals surface area (Å²) in [5.41, 5.74) is 0. The highest BCUT2D eigenvalue weighted by Crippen LogP contribution is 2.22. The Morgan fingerprint density at radius 2 is 2.00 bits per heavy atom. The average molecular weight is 217 g/mol. The minimum atomic E-state index is -0.124. The van der Waals surface area contributed by atoms with Crippen molar-refractivity contribution in [2.45, 2.75) is 56.4 Å². The monoisotopic (exact) mass is 217 g/mol. The predicted octanol–water partition coefficient (Wildman–Crippen LogP) is 2.02. The summed E-state index contributed by atoms with van der Waals surface area (Å²) in [6.07, 6.45) is 6.56. The Morgan fingerprint density at radius 3 is 2.57 bits per heavy atom. The first-order valence-electron chi connectivity index (χ1n) is 5.52. The number of nitrogens with one attached hydrogen (secondary N) is 1. The van der Waals surface area contributed by atoms with Crippen molar-refractivity contribution in [3.63, 3.8) is 0 Å². The quantitative estimate of drug-likeness (QED) is 0.755. The molecule has 0 bridgehead atoms. The normalized spacial score (nSPS) is 29.1. The summed E-state index contributed by atoms with van der Waals surface area (Å²) < 4.78 is 0.275. The molecule has 0 radical (unpaired) electrons. The van der Waals surface area contributed by atoms with Crippen LogP contribution in [0.1, 0.15) is 39.5 Å². The number of hydrogen-bond acceptors (Lipinski definition) is 3. The molecule has 0 unspecified atom stereocenters. The van der Waals surface area contributed by atoms with Gasteiger partial charge in [0.25, 0.3) is 0 Å². The van der Waals surface area contributed by atoms with Crippen LogP contribution in [0.15, 0.2) is 0 Å². The van der Waals surface area contributed by atoms with Gasteiger partial charge in [-0.25, -0.2) is 0 Å². The molecule has 84 valence electrons. The second-order valence-electron chi connectivity index (χ2n) is 4.80. The minimum absolute atomic E-state index is 0.124. The summed E-state index contributed by atoms with van der Waals surface area (Å²) in [7, 11) is 0. The van der Waals surface area contributed by atoms with Gasteiger partial charge in [0, 0.05) is 17.3 Å². The lowest BCUT2D eigenvalue weighted by Crippen LogP contribution is -2.46. The number of aliphatic hydroxyl groups is 1. The van der Waals surface area contributed by atoms with E-state index in [-0.39, 0.29) is 10.9 Å². The van der Waals surface area contributed by atoms with Gasteiger partial charge in [-0.1, -0.05) is 12.8 Å². The Labute approximate surface area is 91.9 Å². The molecule has 2 N–H and O–H groups in total. The Kier molecular flexibility index (Phi) is 4.74. The Morgan fingerprint density at radius 1 is 1.36 bits per heavy atom. The first kappa shape index (κ1) is 12.3. The smallest absolute Gasteiger partial charge is 0.0693 e. The Hall–Kier alpha value is 0.270. The average Bonchev–Trinajstić information content (AvgIpc) is 2.17. The van der Waals surface area contributed by atoms with E-state index in [2.05, 4.69) is 25.4 Å². The van der Waals surface area contributed by atoms with Gasteiger partial charge in [0.1, 0.15) is 0 Å². The van der Waals surface area contributed by atoms with Gasteiger partial charge in [-0.3, -0.25) is 0 Å². The maximum Gasteiger partial charge on any atom is 0.0693 e. The van der Waals surface area contributed by atoms with Crippen LogP contribution in [0.2, 0.25) is 0 Å². The zero-order valence-corrected chi connectivity index (χ0v) is 10.4. The van der Waals surface area contributed by atoms with E-state index in [1.165, 1.54) is 12.8 Å². The van der Waals surface area contributed by atoms with E-state index in [0.29, 0.717) is 6.04 Å². The Bertz CT molecular complexity index is 173. The summed E-state index contributed by atoms with van der Waals surface area (Å²) in [5.74, 6) is 0. The molecule has 0 saturated heterocycles. The summed E-state index contributed by atoms with van der Waals surface area (Å²) >= 11 is 1.87. The molecule has 0 aromatic heterocycles. The largest absolute Gasteiger partial charge is 0.392 e. The lowest BCUT2D eigenvalue weighted by Gasteiger charge is -2.32. The molecule has 1 aliphatic rings. The van der Waals surface area contributed by atoms with E-state index in [1.54, 1.807) is 0 Å². The van der Waals surface area contributed by atoms with Crippen LogP contribution in [0.25, 0.3) is 0 Å². The molecule has 1 saturated carbocycles. The molecule has 0 aliphatic heterocycles. The van der Waals surface area contributed by atoms with Crippen LogP contribution in [0.5, 0.6) is 0 Å². The number of thioether (sulfide) groups is 1. The maximum absolute atomic E-state index is 9.77. The van der Waals surface area contributed by atoms with Crippen molar-refractivity contribution in [3.8, 4) is 0 Å². The van der Waals surface area contributed by atoms with Crippen molar-refractivity contribution in [2.24, 2.45) is 0 Å². The molecule has 2 atom stereocenters. The lowest BCUT2D eigenvalue weighted by atomic mass is 9.92. The van der Waals surface area contributed by atoms with Crippen LogP contribution < -0.4 is 5.32 Å². The van der Waals surface area contributed by atoms with Gasteiger partial charge in [-0.2, -0.15) is 11.8 Å². The van der Waals surface area contributed by atoms with E-state index < -0.39 is 0 Å². The first-order valence-corrected chi connectivity index (χ1v) is 6.74. The molecule has 1 aliphatic carbocycles. The van der Waals surface area contributed by atoms with E-state index in [1.807, 2.05) is 11.8 Å². The van der Waals surface area contributed by atoms with Crippen molar-refractivity contribution < 1.29 is 5.11 Å². The van der Waals surface area contributed by atoms with Crippen molar-refractivity contribution in [1.29, 1.82) is 0 Å². The highest BCUT2D eigenvalue weighted by atomic mass is 32.2. The van der Waals surface area contributed by atoms with Crippen molar-refractivity contribution in [2.75, 3.05) is 12.8 Å². The predicted molar refractivity (Wildman–Crippen MR) is 63.9 cm³/mol. The lowest BCUT2D eigenvalue weighted by molar-refractivity contribution is 0.0903. The number of aliphatic hydroxyl groups excluding tert-OH is 1. The van der Waals surface area contributed by atoms with E-state index >= 15 is 0 Å². The minimum Gasteiger partial charge on any atom is -0.392 e. The topological polar surface area (TPSA) is 32.3 Å². The van der Waals surface area contributed by atoms with Gasteiger partial charge >= 0.3 is 0 Å². The molecule has 1 fully saturated rings. The standard InChI is InChI=1S/C11H23NOS/c1-11(2,14-3)8-12-9-6-4-5-7-10(9)13/h9-10,12-13H,4-8H2,1-3H3/t9-,10-/m0/s1. The van der Waals surface area contributed by atoms with Crippen LogP contribution >= 0.6 is 11.8 Å². The van der Waals surface area contributed by atoms with Gasteiger partial charge < -0.3 is 10.4 Å². The van der Waals surface area contributed by atoms with Gasteiger partial charge in [-0.15, -0.1) is 0 Å². The molecule has 0 heterocycles. The molecule has 0 spiro atoms. The third kappa shape index (κ3) is 3.79. The third-order valence-electron chi connectivity index (χ3n) is 3.07. The number of hydrogen-bond donors (Lipinski definition) is 2. The van der Waals surface area contributed by atoms with E-state index in [0.717, 1.165) is 19.4 Å². The third-order valence-corrected chi connectivity index (χ3v) is 4.32. The zero-order chi connectivity index (χ0) is 10.6. The fourth-order valence-corrected chi connectivity index (χ4v) is 2.03. The molecule has 0 aromatic rings. The maximum atomic E-state index is 9.77. The molecular weight excluding hydrogens is 194 g/mol. The van der Waals surface area contributed by atoms with Gasteiger partial charge in [0.2, 0.25) is 0 Å². The zero-order valence-electron chi connectivity index (χ0n) is 9.55. The molecule has 0 aromatic carbocycles. The van der Waals surface area contributed by atoms with E-state index in [4.69, 9.17) is 0 Å². The fraction of sp³-hybridized carbons (Fsp3) is 1.00. The SMILES string of the molecule is CSC(C)(C)CN[C@H]1CCCC[C@@H]1O. The Balaban J connectivity index is 2.29. The second-order valence-corrected chi connectivity index (χ2v) is 6.32. The van der Waals surface area contributed by atoms with Gasteiger partial charge in [0.15, 0.2) is 0 Å².